The van der Waals surface area contributed by atoms with Gasteiger partial charge in [-0.2, -0.15) is 11.8 Å². The fraction of sp³-hybridized carbons (Fsp3) is 1.00. The fourth-order valence-electron chi connectivity index (χ4n) is 4.13. The topological polar surface area (TPSA) is 12.0 Å². The van der Waals surface area contributed by atoms with E-state index in [0.29, 0.717) is 5.41 Å². The number of nitrogens with one attached hydrogen (secondary N) is 1. The van der Waals surface area contributed by atoms with Crippen molar-refractivity contribution in [2.24, 2.45) is 11.3 Å². The van der Waals surface area contributed by atoms with Crippen molar-refractivity contribution in [2.45, 2.75) is 95.9 Å². The van der Waals surface area contributed by atoms with E-state index in [2.05, 4.69) is 44.1 Å². The van der Waals surface area contributed by atoms with Gasteiger partial charge in [-0.25, -0.2) is 0 Å². The van der Waals surface area contributed by atoms with E-state index in [-0.39, 0.29) is 0 Å². The van der Waals surface area contributed by atoms with E-state index in [9.17, 15) is 0 Å². The molecule has 1 N–H and O–H groups in total. The van der Waals surface area contributed by atoms with Gasteiger partial charge in [-0.05, 0) is 69.0 Å². The minimum Gasteiger partial charge on any atom is -0.311 e. The molecule has 2 saturated carbocycles. The molecule has 2 rings (SSSR count). The van der Waals surface area contributed by atoms with Crippen LogP contribution in [0.25, 0.3) is 0 Å². The van der Waals surface area contributed by atoms with Gasteiger partial charge in [-0.3, -0.25) is 0 Å². The van der Waals surface area contributed by atoms with Crippen LogP contribution in [0.1, 0.15) is 78.6 Å². The number of thioether (sulfide) groups is 1. The third kappa shape index (κ3) is 4.94. The molecule has 2 fully saturated rings. The average Bonchev–Trinajstić information content (AvgIpc) is 2.65. The zero-order valence-electron chi connectivity index (χ0n) is 14.1. The van der Waals surface area contributed by atoms with Gasteiger partial charge < -0.3 is 5.32 Å². The van der Waals surface area contributed by atoms with Gasteiger partial charge in [-0.1, -0.05) is 27.2 Å². The van der Waals surface area contributed by atoms with Crippen LogP contribution in [0, 0.1) is 11.3 Å². The summed E-state index contributed by atoms with van der Waals surface area (Å²) in [7, 11) is 0. The average molecular weight is 298 g/mol. The molecule has 0 aromatic carbocycles. The Morgan fingerprint density at radius 2 is 1.40 bits per heavy atom. The molecule has 0 aromatic rings. The van der Waals surface area contributed by atoms with E-state index in [4.69, 9.17) is 0 Å². The van der Waals surface area contributed by atoms with Gasteiger partial charge in [0.15, 0.2) is 0 Å². The van der Waals surface area contributed by atoms with Crippen molar-refractivity contribution in [1.82, 2.24) is 5.32 Å². The third-order valence-electron chi connectivity index (χ3n) is 5.67. The Kier molecular flexibility index (Phi) is 6.28. The zero-order valence-corrected chi connectivity index (χ0v) is 14.9. The molecule has 2 heteroatoms. The summed E-state index contributed by atoms with van der Waals surface area (Å²) >= 11 is 2.07. The Hall–Kier alpha value is 0.310. The van der Waals surface area contributed by atoms with Crippen LogP contribution in [-0.2, 0) is 0 Å². The molecular weight excluding hydrogens is 262 g/mol. The van der Waals surface area contributed by atoms with Crippen LogP contribution in [-0.4, -0.2) is 23.6 Å². The molecule has 2 unspecified atom stereocenters. The number of hydrogen-bond acceptors (Lipinski definition) is 2. The van der Waals surface area contributed by atoms with E-state index >= 15 is 0 Å². The quantitative estimate of drug-likeness (QED) is 0.714. The van der Waals surface area contributed by atoms with E-state index in [1.165, 1.54) is 57.8 Å². The Morgan fingerprint density at radius 3 is 2.00 bits per heavy atom. The highest BCUT2D eigenvalue weighted by atomic mass is 32.2. The largest absolute Gasteiger partial charge is 0.311 e. The van der Waals surface area contributed by atoms with Crippen molar-refractivity contribution in [2.75, 3.05) is 6.26 Å². The lowest BCUT2D eigenvalue weighted by Gasteiger charge is -2.32. The minimum absolute atomic E-state index is 0.505. The Balaban J connectivity index is 1.74. The normalized spacial score (nSPS) is 36.6. The fourth-order valence-corrected chi connectivity index (χ4v) is 4.88. The highest BCUT2D eigenvalue weighted by Crippen LogP contribution is 2.37. The summed E-state index contributed by atoms with van der Waals surface area (Å²) in [5.74, 6) is 0.932. The van der Waals surface area contributed by atoms with Crippen LogP contribution in [0.4, 0.5) is 0 Å². The highest BCUT2D eigenvalue weighted by molar-refractivity contribution is 7.99. The van der Waals surface area contributed by atoms with Gasteiger partial charge in [0, 0.05) is 17.3 Å². The van der Waals surface area contributed by atoms with Gasteiger partial charge in [0.2, 0.25) is 0 Å². The molecule has 0 amide bonds. The highest BCUT2D eigenvalue weighted by Gasteiger charge is 2.29. The monoisotopic (exact) mass is 297 g/mol. The first-order valence-electron chi connectivity index (χ1n) is 8.78. The van der Waals surface area contributed by atoms with Crippen LogP contribution < -0.4 is 5.32 Å². The second-order valence-corrected chi connectivity index (χ2v) is 9.28. The summed E-state index contributed by atoms with van der Waals surface area (Å²) in [6.07, 6.45) is 15.1. The van der Waals surface area contributed by atoms with Gasteiger partial charge in [0.25, 0.3) is 0 Å². The molecule has 0 radical (unpaired) electrons. The predicted molar refractivity (Wildman–Crippen MR) is 92.5 cm³/mol. The second-order valence-electron chi connectivity index (χ2n) is 8.14. The minimum atomic E-state index is 0.505. The van der Waals surface area contributed by atoms with Gasteiger partial charge in [-0.15, -0.1) is 0 Å². The smallest absolute Gasteiger partial charge is 0.00704 e. The first-order valence-corrected chi connectivity index (χ1v) is 10.1. The lowest BCUT2D eigenvalue weighted by molar-refractivity contribution is 0.212. The van der Waals surface area contributed by atoms with E-state index < -0.39 is 0 Å². The van der Waals surface area contributed by atoms with Crippen molar-refractivity contribution in [3.05, 3.63) is 0 Å². The van der Waals surface area contributed by atoms with Gasteiger partial charge in [0.1, 0.15) is 0 Å². The van der Waals surface area contributed by atoms with Crippen LogP contribution >= 0.6 is 11.8 Å². The van der Waals surface area contributed by atoms with Crippen LogP contribution in [0.2, 0.25) is 0 Å². The molecule has 2 aliphatic rings. The Morgan fingerprint density at radius 1 is 0.800 bits per heavy atom. The first-order chi connectivity index (χ1) is 9.49. The Bertz CT molecular complexity index is 276. The van der Waals surface area contributed by atoms with Crippen molar-refractivity contribution >= 4 is 11.8 Å². The maximum absolute atomic E-state index is 4.01. The molecule has 2 atom stereocenters. The third-order valence-corrected chi connectivity index (χ3v) is 6.81. The SMILES string of the molecule is CSC1CCC(NC2CCCC(C(C)(C)C)CC2)CC1. The van der Waals surface area contributed by atoms with Gasteiger partial charge >= 0.3 is 0 Å². The molecular formula is C18H35NS. The Labute approximate surface area is 131 Å². The second kappa shape index (κ2) is 7.54. The summed E-state index contributed by atoms with van der Waals surface area (Å²) in [6, 6.07) is 1.62. The van der Waals surface area contributed by atoms with Crippen LogP contribution in [0.5, 0.6) is 0 Å². The summed E-state index contributed by atoms with van der Waals surface area (Å²) in [5.41, 5.74) is 0.505. The standard InChI is InChI=1S/C18H35NS/c1-18(2,3)14-6-5-7-15(9-8-14)19-16-10-12-17(20-4)13-11-16/h14-17,19H,5-13H2,1-4H3. The summed E-state index contributed by atoms with van der Waals surface area (Å²) in [5, 5.41) is 4.94. The predicted octanol–water partition coefficient (Wildman–Crippen LogP) is 5.25. The van der Waals surface area contributed by atoms with Crippen molar-refractivity contribution in [3.8, 4) is 0 Å². The molecule has 20 heavy (non-hydrogen) atoms. The molecule has 118 valence electrons. The van der Waals surface area contributed by atoms with E-state index in [0.717, 1.165) is 23.3 Å². The lowest BCUT2D eigenvalue weighted by atomic mass is 9.76. The maximum atomic E-state index is 4.01. The van der Waals surface area contributed by atoms with Gasteiger partial charge in [0.05, 0.1) is 0 Å². The maximum Gasteiger partial charge on any atom is 0.00704 e. The lowest BCUT2D eigenvalue weighted by Crippen LogP contribution is -2.40. The van der Waals surface area contributed by atoms with E-state index in [1.54, 1.807) is 0 Å². The molecule has 2 aliphatic carbocycles. The van der Waals surface area contributed by atoms with Crippen LogP contribution in [0.15, 0.2) is 0 Å². The molecule has 0 heterocycles. The van der Waals surface area contributed by atoms with Crippen LogP contribution in [0.3, 0.4) is 0 Å². The molecule has 0 bridgehead atoms. The van der Waals surface area contributed by atoms with Crippen molar-refractivity contribution < 1.29 is 0 Å². The van der Waals surface area contributed by atoms with Crippen molar-refractivity contribution in [3.63, 3.8) is 0 Å². The summed E-state index contributed by atoms with van der Waals surface area (Å²) < 4.78 is 0. The number of rotatable bonds is 3. The van der Waals surface area contributed by atoms with E-state index in [1.807, 2.05) is 0 Å². The molecule has 1 nitrogen and oxygen atoms in total. The summed E-state index contributed by atoms with van der Waals surface area (Å²) in [4.78, 5) is 0. The zero-order chi connectivity index (χ0) is 14.6. The molecule has 0 aromatic heterocycles. The molecule has 0 spiro atoms. The number of hydrogen-bond donors (Lipinski definition) is 1. The summed E-state index contributed by atoms with van der Waals surface area (Å²) in [6.45, 7) is 7.28. The first kappa shape index (κ1) is 16.7. The molecule has 0 saturated heterocycles. The van der Waals surface area contributed by atoms with Crippen molar-refractivity contribution in [1.29, 1.82) is 0 Å². The molecule has 0 aliphatic heterocycles.